The molecule has 0 spiro atoms. The highest BCUT2D eigenvalue weighted by Gasteiger charge is 2.47. The van der Waals surface area contributed by atoms with Crippen LogP contribution in [0.15, 0.2) is 42.5 Å². The van der Waals surface area contributed by atoms with Crippen LogP contribution in [0.3, 0.4) is 0 Å². The highest BCUT2D eigenvalue weighted by Crippen LogP contribution is 2.47. The summed E-state index contributed by atoms with van der Waals surface area (Å²) >= 11 is 0. The Kier molecular flexibility index (Phi) is 6.46. The summed E-state index contributed by atoms with van der Waals surface area (Å²) in [4.78, 5) is 12.6. The molecule has 1 amide bonds. The maximum Gasteiger partial charge on any atom is 0.422 e. The van der Waals surface area contributed by atoms with Crippen LogP contribution >= 0.6 is 0 Å². The van der Waals surface area contributed by atoms with Gasteiger partial charge < -0.3 is 15.2 Å². The van der Waals surface area contributed by atoms with Gasteiger partial charge in [0.25, 0.3) is 6.43 Å². The standard InChI is InChI=1S/C22H21F6NO3/c1-20(31,14-2-4-16(23)5-3-14)11-18(30)29-21(6-7-21)15-8-13(19(24)25)9-17(10-15)32-12-22(26,27)28/h2-5,8-10,19,31H,6-7,11-12H2,1H3,(H,29,30)/t20-/m1/s1. The molecule has 2 N–H and O–H groups in total. The largest absolute Gasteiger partial charge is 0.484 e. The molecule has 0 bridgehead atoms. The number of amides is 1. The van der Waals surface area contributed by atoms with Gasteiger partial charge in [0.2, 0.25) is 5.91 Å². The van der Waals surface area contributed by atoms with Crippen LogP contribution in [0, 0.1) is 5.82 Å². The monoisotopic (exact) mass is 461 g/mol. The number of hydrogen-bond acceptors (Lipinski definition) is 3. The van der Waals surface area contributed by atoms with Crippen molar-refractivity contribution in [3.63, 3.8) is 0 Å². The first-order chi connectivity index (χ1) is 14.8. The lowest BCUT2D eigenvalue weighted by Gasteiger charge is -2.26. The van der Waals surface area contributed by atoms with Crippen molar-refractivity contribution in [3.8, 4) is 5.75 Å². The van der Waals surface area contributed by atoms with Crippen molar-refractivity contribution < 1.29 is 41.0 Å². The lowest BCUT2D eigenvalue weighted by Crippen LogP contribution is -2.39. The molecule has 0 radical (unpaired) electrons. The number of alkyl halides is 5. The Morgan fingerprint density at radius 1 is 1.16 bits per heavy atom. The Morgan fingerprint density at radius 2 is 1.78 bits per heavy atom. The molecule has 1 atom stereocenters. The predicted molar refractivity (Wildman–Crippen MR) is 103 cm³/mol. The summed E-state index contributed by atoms with van der Waals surface area (Å²) in [7, 11) is 0. The van der Waals surface area contributed by atoms with Gasteiger partial charge in [-0.05, 0) is 61.2 Å². The van der Waals surface area contributed by atoms with Crippen LogP contribution < -0.4 is 10.1 Å². The summed E-state index contributed by atoms with van der Waals surface area (Å²) in [5, 5.41) is 13.3. The van der Waals surface area contributed by atoms with Gasteiger partial charge in [-0.2, -0.15) is 13.2 Å². The van der Waals surface area contributed by atoms with Gasteiger partial charge in [0, 0.05) is 5.56 Å². The second kappa shape index (κ2) is 8.65. The van der Waals surface area contributed by atoms with Crippen molar-refractivity contribution in [2.45, 2.75) is 49.9 Å². The van der Waals surface area contributed by atoms with Crippen molar-refractivity contribution in [3.05, 3.63) is 65.0 Å². The van der Waals surface area contributed by atoms with Gasteiger partial charge in [0.05, 0.1) is 17.6 Å². The van der Waals surface area contributed by atoms with Gasteiger partial charge in [0.1, 0.15) is 11.6 Å². The molecular formula is C22H21F6NO3. The van der Waals surface area contributed by atoms with Gasteiger partial charge in [-0.1, -0.05) is 12.1 Å². The third-order valence-corrected chi connectivity index (χ3v) is 5.24. The first kappa shape index (κ1) is 23.9. The molecule has 0 aliphatic heterocycles. The SMILES string of the molecule is C[C@@](O)(CC(=O)NC1(c2cc(OCC(F)(F)F)cc(C(F)F)c2)CC1)c1ccc(F)cc1. The van der Waals surface area contributed by atoms with Crippen LogP contribution in [0.25, 0.3) is 0 Å². The molecule has 32 heavy (non-hydrogen) atoms. The van der Waals surface area contributed by atoms with Gasteiger partial charge in [-0.3, -0.25) is 4.79 Å². The molecule has 0 heterocycles. The molecule has 3 rings (SSSR count). The lowest BCUT2D eigenvalue weighted by atomic mass is 9.91. The fourth-order valence-corrected chi connectivity index (χ4v) is 3.42. The van der Waals surface area contributed by atoms with Crippen molar-refractivity contribution >= 4 is 5.91 Å². The molecule has 174 valence electrons. The Morgan fingerprint density at radius 3 is 2.31 bits per heavy atom. The van der Waals surface area contributed by atoms with Gasteiger partial charge in [-0.15, -0.1) is 0 Å². The van der Waals surface area contributed by atoms with E-state index in [9.17, 15) is 36.2 Å². The summed E-state index contributed by atoms with van der Waals surface area (Å²) in [6, 6.07) is 8.11. The molecule has 2 aromatic rings. The van der Waals surface area contributed by atoms with Crippen LogP contribution in [-0.4, -0.2) is 23.8 Å². The van der Waals surface area contributed by atoms with Crippen molar-refractivity contribution in [2.75, 3.05) is 6.61 Å². The zero-order valence-electron chi connectivity index (χ0n) is 17.0. The number of nitrogens with one attached hydrogen (secondary N) is 1. The Hall–Kier alpha value is -2.75. The van der Waals surface area contributed by atoms with Gasteiger partial charge in [0.15, 0.2) is 6.61 Å². The van der Waals surface area contributed by atoms with Crippen LogP contribution in [0.2, 0.25) is 0 Å². The molecule has 0 unspecified atom stereocenters. The van der Waals surface area contributed by atoms with E-state index in [0.29, 0.717) is 18.4 Å². The van der Waals surface area contributed by atoms with E-state index in [1.54, 1.807) is 0 Å². The molecule has 1 aliphatic carbocycles. The molecule has 2 aromatic carbocycles. The maximum absolute atomic E-state index is 13.3. The van der Waals surface area contributed by atoms with E-state index in [1.807, 2.05) is 0 Å². The summed E-state index contributed by atoms with van der Waals surface area (Å²) in [6.45, 7) is -0.265. The fourth-order valence-electron chi connectivity index (χ4n) is 3.42. The van der Waals surface area contributed by atoms with E-state index >= 15 is 0 Å². The summed E-state index contributed by atoms with van der Waals surface area (Å²) in [6.07, 6.45) is -7.23. The number of hydrogen-bond donors (Lipinski definition) is 2. The summed E-state index contributed by atoms with van der Waals surface area (Å²) < 4.78 is 81.7. The first-order valence-corrected chi connectivity index (χ1v) is 9.72. The smallest absolute Gasteiger partial charge is 0.422 e. The van der Waals surface area contributed by atoms with Gasteiger partial charge >= 0.3 is 6.18 Å². The lowest BCUT2D eigenvalue weighted by molar-refractivity contribution is -0.153. The third kappa shape index (κ3) is 5.93. The molecule has 0 saturated heterocycles. The molecule has 1 aliphatic rings. The second-order valence-electron chi connectivity index (χ2n) is 8.08. The topological polar surface area (TPSA) is 58.6 Å². The number of carbonyl (C=O) groups excluding carboxylic acids is 1. The minimum Gasteiger partial charge on any atom is -0.484 e. The average Bonchev–Trinajstić information content (AvgIpc) is 3.46. The number of carbonyl (C=O) groups is 1. The van der Waals surface area contributed by atoms with E-state index in [0.717, 1.165) is 24.3 Å². The summed E-state index contributed by atoms with van der Waals surface area (Å²) in [5.74, 6) is -1.49. The Labute approximate surface area is 180 Å². The molecule has 10 heteroatoms. The zero-order valence-corrected chi connectivity index (χ0v) is 17.0. The fraction of sp³-hybridized carbons (Fsp3) is 0.409. The minimum atomic E-state index is -4.64. The number of halogens is 6. The summed E-state index contributed by atoms with van der Waals surface area (Å²) in [5.41, 5.74) is -2.70. The van der Waals surface area contributed by atoms with Crippen LogP contribution in [0.1, 0.15) is 49.3 Å². The van der Waals surface area contributed by atoms with Crippen molar-refractivity contribution in [1.29, 1.82) is 0 Å². The molecule has 1 saturated carbocycles. The minimum absolute atomic E-state index is 0.197. The van der Waals surface area contributed by atoms with E-state index in [1.165, 1.54) is 25.1 Å². The molecule has 0 aromatic heterocycles. The molecule has 1 fully saturated rings. The first-order valence-electron chi connectivity index (χ1n) is 9.72. The maximum atomic E-state index is 13.3. The Balaban J connectivity index is 1.77. The Bertz CT molecular complexity index is 969. The second-order valence-corrected chi connectivity index (χ2v) is 8.08. The van der Waals surface area contributed by atoms with Crippen LogP contribution in [0.5, 0.6) is 5.75 Å². The van der Waals surface area contributed by atoms with Crippen LogP contribution in [0.4, 0.5) is 26.3 Å². The predicted octanol–water partition coefficient (Wildman–Crippen LogP) is 5.11. The van der Waals surface area contributed by atoms with E-state index in [4.69, 9.17) is 0 Å². The average molecular weight is 461 g/mol. The van der Waals surface area contributed by atoms with Crippen molar-refractivity contribution in [1.82, 2.24) is 5.32 Å². The third-order valence-electron chi connectivity index (χ3n) is 5.24. The molecular weight excluding hydrogens is 440 g/mol. The van der Waals surface area contributed by atoms with Crippen LogP contribution in [-0.2, 0) is 15.9 Å². The zero-order chi connectivity index (χ0) is 23.7. The highest BCUT2D eigenvalue weighted by atomic mass is 19.4. The number of aliphatic hydroxyl groups is 1. The highest BCUT2D eigenvalue weighted by molar-refractivity contribution is 5.79. The quantitative estimate of drug-likeness (QED) is 0.538. The normalized spacial score (nSPS) is 17.0. The van der Waals surface area contributed by atoms with Gasteiger partial charge in [-0.25, -0.2) is 13.2 Å². The van der Waals surface area contributed by atoms with E-state index in [2.05, 4.69) is 10.1 Å². The van der Waals surface area contributed by atoms with Crippen molar-refractivity contribution in [2.24, 2.45) is 0 Å². The number of benzene rings is 2. The molecule has 4 nitrogen and oxygen atoms in total. The number of ether oxygens (including phenoxy) is 1. The number of rotatable bonds is 8. The van der Waals surface area contributed by atoms with E-state index < -0.39 is 54.1 Å². The van der Waals surface area contributed by atoms with E-state index in [-0.39, 0.29) is 11.3 Å².